The van der Waals surface area contributed by atoms with E-state index in [0.29, 0.717) is 30.9 Å². The zero-order chi connectivity index (χ0) is 27.2. The molecule has 2 heterocycles. The van der Waals surface area contributed by atoms with E-state index in [1.165, 1.54) is 23.1 Å². The van der Waals surface area contributed by atoms with Crippen molar-refractivity contribution in [1.29, 1.82) is 0 Å². The maximum absolute atomic E-state index is 13.8. The molecular formula is C26H31ClF3N3O4. The van der Waals surface area contributed by atoms with Gasteiger partial charge in [-0.25, -0.2) is 4.98 Å². The van der Waals surface area contributed by atoms with E-state index in [-0.39, 0.29) is 30.1 Å². The van der Waals surface area contributed by atoms with E-state index in [9.17, 15) is 27.9 Å². The minimum absolute atomic E-state index is 0.0715. The SMILES string of the molecule is CN(C)C(=O)c1ccc(OCCCCC2CCN(C(=O)[C@@](O)(c3ccccc3)C(F)(F)F)CC2)nc1Cl. The lowest BCUT2D eigenvalue weighted by Crippen LogP contribution is -2.57. The number of benzene rings is 1. The van der Waals surface area contributed by atoms with Gasteiger partial charge in [-0.05, 0) is 37.7 Å². The van der Waals surface area contributed by atoms with Crippen LogP contribution in [0.15, 0.2) is 42.5 Å². The number of rotatable bonds is 9. The van der Waals surface area contributed by atoms with Gasteiger partial charge in [0, 0.05) is 38.8 Å². The van der Waals surface area contributed by atoms with E-state index in [0.717, 1.165) is 36.3 Å². The van der Waals surface area contributed by atoms with Crippen LogP contribution >= 0.6 is 11.6 Å². The number of unbranched alkanes of at least 4 members (excludes halogenated alkanes) is 1. The summed E-state index contributed by atoms with van der Waals surface area (Å²) in [5.74, 6) is -0.992. The van der Waals surface area contributed by atoms with E-state index < -0.39 is 23.2 Å². The molecule has 1 aliphatic heterocycles. The minimum atomic E-state index is -5.14. The van der Waals surface area contributed by atoms with E-state index >= 15 is 0 Å². The average molecular weight is 542 g/mol. The number of amides is 2. The molecule has 1 N–H and O–H groups in total. The predicted molar refractivity (Wildman–Crippen MR) is 132 cm³/mol. The highest BCUT2D eigenvalue weighted by Crippen LogP contribution is 2.41. The smallest absolute Gasteiger partial charge is 0.430 e. The third kappa shape index (κ3) is 6.73. The predicted octanol–water partition coefficient (Wildman–Crippen LogP) is 4.67. The molecule has 1 fully saturated rings. The van der Waals surface area contributed by atoms with Gasteiger partial charge >= 0.3 is 6.18 Å². The molecule has 11 heteroatoms. The first-order valence-electron chi connectivity index (χ1n) is 12.1. The molecule has 1 aromatic carbocycles. The van der Waals surface area contributed by atoms with Crippen LogP contribution in [0.4, 0.5) is 13.2 Å². The number of likely N-dealkylation sites (tertiary alicyclic amines) is 1. The number of hydrogen-bond acceptors (Lipinski definition) is 5. The third-order valence-corrected chi connectivity index (χ3v) is 6.82. The van der Waals surface area contributed by atoms with Gasteiger partial charge in [-0.15, -0.1) is 0 Å². The molecule has 202 valence electrons. The van der Waals surface area contributed by atoms with Crippen molar-refractivity contribution < 1.29 is 32.6 Å². The first kappa shape index (κ1) is 28.7. The highest BCUT2D eigenvalue weighted by atomic mass is 35.5. The molecule has 7 nitrogen and oxygen atoms in total. The van der Waals surface area contributed by atoms with Gasteiger partial charge < -0.3 is 19.6 Å². The lowest BCUT2D eigenvalue weighted by molar-refractivity contribution is -0.262. The van der Waals surface area contributed by atoms with Gasteiger partial charge in [0.2, 0.25) is 5.88 Å². The molecule has 2 aromatic rings. The largest absolute Gasteiger partial charge is 0.478 e. The van der Waals surface area contributed by atoms with Crippen molar-refractivity contribution in [2.45, 2.75) is 43.9 Å². The molecular weight excluding hydrogens is 511 g/mol. The molecule has 0 unspecified atom stereocenters. The van der Waals surface area contributed by atoms with Crippen LogP contribution < -0.4 is 4.74 Å². The van der Waals surface area contributed by atoms with Crippen LogP contribution in [0.3, 0.4) is 0 Å². The molecule has 0 bridgehead atoms. The molecule has 0 radical (unpaired) electrons. The number of carbonyl (C=O) groups is 2. The van der Waals surface area contributed by atoms with Crippen molar-refractivity contribution in [3.63, 3.8) is 0 Å². The Labute approximate surface area is 219 Å². The first-order chi connectivity index (χ1) is 17.4. The van der Waals surface area contributed by atoms with Gasteiger partial charge in [-0.3, -0.25) is 9.59 Å². The summed E-state index contributed by atoms with van der Waals surface area (Å²) in [6.45, 7) is 0.717. The van der Waals surface area contributed by atoms with Crippen LogP contribution in [0.1, 0.15) is 48.0 Å². The van der Waals surface area contributed by atoms with Crippen LogP contribution in [0, 0.1) is 5.92 Å². The Morgan fingerprint density at radius 1 is 1.11 bits per heavy atom. The quantitative estimate of drug-likeness (QED) is 0.368. The zero-order valence-electron chi connectivity index (χ0n) is 20.8. The number of ether oxygens (including phenoxy) is 1. The Kier molecular flexibility index (Phi) is 9.41. The molecule has 0 aliphatic carbocycles. The van der Waals surface area contributed by atoms with Crippen LogP contribution in [0.2, 0.25) is 5.15 Å². The van der Waals surface area contributed by atoms with Crippen LogP contribution in [-0.2, 0) is 10.4 Å². The standard InChI is InChI=1S/C26H31ClF3N3O4/c1-32(2)23(34)20-11-12-21(31-22(20)27)37-17-7-6-8-18-13-15-33(16-14-18)24(35)25(36,26(28,29)30)19-9-4-3-5-10-19/h3-5,9-12,18,36H,6-8,13-17H2,1-2H3/t25-/m0/s1. The van der Waals surface area contributed by atoms with Crippen molar-refractivity contribution in [1.82, 2.24) is 14.8 Å². The molecule has 0 saturated carbocycles. The minimum Gasteiger partial charge on any atom is -0.478 e. The van der Waals surface area contributed by atoms with Crippen molar-refractivity contribution >= 4 is 23.4 Å². The maximum Gasteiger partial charge on any atom is 0.430 e. The summed E-state index contributed by atoms with van der Waals surface area (Å²) in [6, 6.07) is 9.63. The fourth-order valence-corrected chi connectivity index (χ4v) is 4.58. The Morgan fingerprint density at radius 2 is 1.76 bits per heavy atom. The van der Waals surface area contributed by atoms with E-state index in [1.54, 1.807) is 26.2 Å². The van der Waals surface area contributed by atoms with Crippen LogP contribution in [0.5, 0.6) is 5.88 Å². The zero-order valence-corrected chi connectivity index (χ0v) is 21.6. The van der Waals surface area contributed by atoms with E-state index in [4.69, 9.17) is 16.3 Å². The van der Waals surface area contributed by atoms with Crippen molar-refractivity contribution in [2.24, 2.45) is 5.92 Å². The summed E-state index contributed by atoms with van der Waals surface area (Å²) in [5.41, 5.74) is -3.75. The monoisotopic (exact) mass is 541 g/mol. The fourth-order valence-electron chi connectivity index (χ4n) is 4.35. The number of carbonyl (C=O) groups excluding carboxylic acids is 2. The number of nitrogens with zero attached hydrogens (tertiary/aromatic N) is 3. The first-order valence-corrected chi connectivity index (χ1v) is 12.5. The second-order valence-corrected chi connectivity index (χ2v) is 9.70. The number of aliphatic hydroxyl groups is 1. The van der Waals surface area contributed by atoms with E-state index in [1.807, 2.05) is 0 Å². The molecule has 1 aliphatic rings. The number of halogens is 4. The second-order valence-electron chi connectivity index (χ2n) is 9.34. The normalized spacial score (nSPS) is 16.2. The Balaban J connectivity index is 1.44. The third-order valence-electron chi connectivity index (χ3n) is 6.53. The van der Waals surface area contributed by atoms with Gasteiger partial charge in [0.15, 0.2) is 0 Å². The number of piperidine rings is 1. The van der Waals surface area contributed by atoms with Gasteiger partial charge in [-0.1, -0.05) is 48.4 Å². The topological polar surface area (TPSA) is 83.0 Å². The fraction of sp³-hybridized carbons (Fsp3) is 0.500. The van der Waals surface area contributed by atoms with Gasteiger partial charge in [-0.2, -0.15) is 13.2 Å². The summed E-state index contributed by atoms with van der Waals surface area (Å²) < 4.78 is 47.0. The highest BCUT2D eigenvalue weighted by molar-refractivity contribution is 6.32. The molecule has 1 saturated heterocycles. The maximum atomic E-state index is 13.8. The summed E-state index contributed by atoms with van der Waals surface area (Å²) in [7, 11) is 3.25. The molecule has 1 aromatic heterocycles. The molecule has 3 rings (SSSR count). The number of pyridine rings is 1. The Hall–Kier alpha value is -2.85. The van der Waals surface area contributed by atoms with Crippen molar-refractivity contribution in [2.75, 3.05) is 33.8 Å². The molecule has 2 amide bonds. The van der Waals surface area contributed by atoms with Crippen LogP contribution in [0.25, 0.3) is 0 Å². The summed E-state index contributed by atoms with van der Waals surface area (Å²) >= 11 is 6.09. The van der Waals surface area contributed by atoms with Gasteiger partial charge in [0.25, 0.3) is 17.4 Å². The lowest BCUT2D eigenvalue weighted by atomic mass is 9.88. The average Bonchev–Trinajstić information content (AvgIpc) is 2.87. The molecule has 1 atom stereocenters. The molecule has 37 heavy (non-hydrogen) atoms. The number of hydrogen-bond donors (Lipinski definition) is 1. The van der Waals surface area contributed by atoms with Crippen molar-refractivity contribution in [3.8, 4) is 5.88 Å². The Morgan fingerprint density at radius 3 is 2.32 bits per heavy atom. The number of aromatic nitrogens is 1. The summed E-state index contributed by atoms with van der Waals surface area (Å²) in [6.07, 6.45) is -1.60. The number of alkyl halides is 3. The van der Waals surface area contributed by atoms with Crippen LogP contribution in [-0.4, -0.2) is 71.7 Å². The lowest BCUT2D eigenvalue weighted by Gasteiger charge is -2.38. The van der Waals surface area contributed by atoms with Crippen molar-refractivity contribution in [3.05, 3.63) is 58.7 Å². The second kappa shape index (κ2) is 12.1. The highest BCUT2D eigenvalue weighted by Gasteiger charge is 2.62. The molecule has 0 spiro atoms. The Bertz CT molecular complexity index is 1080. The summed E-state index contributed by atoms with van der Waals surface area (Å²) in [5, 5.41) is 10.6. The van der Waals surface area contributed by atoms with E-state index in [2.05, 4.69) is 4.98 Å². The summed E-state index contributed by atoms with van der Waals surface area (Å²) in [4.78, 5) is 31.5. The van der Waals surface area contributed by atoms with Gasteiger partial charge in [0.05, 0.1) is 12.2 Å². The van der Waals surface area contributed by atoms with Gasteiger partial charge in [0.1, 0.15) is 5.15 Å².